The van der Waals surface area contributed by atoms with Crippen molar-refractivity contribution in [1.29, 1.82) is 0 Å². The molecule has 0 spiro atoms. The first-order valence-electron chi connectivity index (χ1n) is 8.39. The van der Waals surface area contributed by atoms with Crippen LogP contribution in [0.4, 0.5) is 14.9 Å². The van der Waals surface area contributed by atoms with Crippen LogP contribution in [-0.4, -0.2) is 43.7 Å². The maximum Gasteiger partial charge on any atom is 0.317 e. The van der Waals surface area contributed by atoms with Crippen LogP contribution < -0.4 is 10.2 Å². The summed E-state index contributed by atoms with van der Waals surface area (Å²) in [4.78, 5) is 16.3. The lowest BCUT2D eigenvalue weighted by molar-refractivity contribution is 0.194. The lowest BCUT2D eigenvalue weighted by Crippen LogP contribution is -2.52. The van der Waals surface area contributed by atoms with Gasteiger partial charge in [-0.05, 0) is 48.4 Å². The number of hydrogen-bond donors (Lipinski definition) is 1. The van der Waals surface area contributed by atoms with Crippen LogP contribution >= 0.6 is 11.6 Å². The van der Waals surface area contributed by atoms with Crippen molar-refractivity contribution in [2.24, 2.45) is 0 Å². The minimum atomic E-state index is -0.244. The number of piperazine rings is 1. The van der Waals surface area contributed by atoms with E-state index in [9.17, 15) is 9.18 Å². The molecule has 1 aliphatic heterocycles. The number of amides is 2. The minimum Gasteiger partial charge on any atom is -0.368 e. The summed E-state index contributed by atoms with van der Waals surface area (Å²) in [6.45, 7) is 3.51. The highest BCUT2D eigenvalue weighted by molar-refractivity contribution is 6.30. The average molecular weight is 362 g/mol. The highest BCUT2D eigenvalue weighted by atomic mass is 35.5. The van der Waals surface area contributed by atoms with Crippen molar-refractivity contribution in [2.75, 3.05) is 37.6 Å². The van der Waals surface area contributed by atoms with E-state index in [2.05, 4.69) is 10.2 Å². The van der Waals surface area contributed by atoms with Gasteiger partial charge in [-0.15, -0.1) is 0 Å². The van der Waals surface area contributed by atoms with Gasteiger partial charge in [-0.3, -0.25) is 0 Å². The van der Waals surface area contributed by atoms with E-state index >= 15 is 0 Å². The van der Waals surface area contributed by atoms with E-state index < -0.39 is 0 Å². The molecule has 1 aliphatic rings. The Bertz CT molecular complexity index is 698. The number of halogens is 2. The van der Waals surface area contributed by atoms with E-state index in [1.165, 1.54) is 12.1 Å². The second-order valence-corrected chi connectivity index (χ2v) is 6.50. The average Bonchev–Trinajstić information content (AvgIpc) is 2.64. The number of hydrogen-bond acceptors (Lipinski definition) is 2. The molecule has 2 amide bonds. The Balaban J connectivity index is 1.42. The van der Waals surface area contributed by atoms with Crippen LogP contribution in [0.2, 0.25) is 5.02 Å². The quantitative estimate of drug-likeness (QED) is 0.903. The van der Waals surface area contributed by atoms with Gasteiger partial charge in [0, 0.05) is 43.4 Å². The summed E-state index contributed by atoms with van der Waals surface area (Å²) in [5, 5.41) is 3.66. The number of nitrogens with one attached hydrogen (secondary N) is 1. The van der Waals surface area contributed by atoms with Crippen LogP contribution in [0.1, 0.15) is 5.56 Å². The largest absolute Gasteiger partial charge is 0.368 e. The zero-order valence-electron chi connectivity index (χ0n) is 13.9. The second-order valence-electron chi connectivity index (χ2n) is 6.06. The van der Waals surface area contributed by atoms with Crippen LogP contribution in [0.3, 0.4) is 0 Å². The van der Waals surface area contributed by atoms with Gasteiger partial charge in [0.2, 0.25) is 0 Å². The predicted molar refractivity (Wildman–Crippen MR) is 98.7 cm³/mol. The number of urea groups is 1. The zero-order valence-corrected chi connectivity index (χ0v) is 14.7. The molecule has 6 heteroatoms. The van der Waals surface area contributed by atoms with Gasteiger partial charge >= 0.3 is 6.03 Å². The van der Waals surface area contributed by atoms with Gasteiger partial charge in [0.1, 0.15) is 5.82 Å². The van der Waals surface area contributed by atoms with Crippen LogP contribution in [0.5, 0.6) is 0 Å². The summed E-state index contributed by atoms with van der Waals surface area (Å²) >= 11 is 5.92. The van der Waals surface area contributed by atoms with Gasteiger partial charge < -0.3 is 15.1 Å². The van der Waals surface area contributed by atoms with E-state index in [4.69, 9.17) is 11.6 Å². The Kier molecular flexibility index (Phi) is 5.76. The van der Waals surface area contributed by atoms with E-state index in [0.29, 0.717) is 26.1 Å². The Labute approximate surface area is 152 Å². The number of carbonyl (C=O) groups excluding carboxylic acids is 1. The predicted octanol–water partition coefficient (Wildman–Crippen LogP) is 3.55. The molecule has 0 unspecified atom stereocenters. The lowest BCUT2D eigenvalue weighted by atomic mass is 10.1. The van der Waals surface area contributed by atoms with Crippen molar-refractivity contribution in [3.05, 3.63) is 64.9 Å². The first-order valence-corrected chi connectivity index (χ1v) is 8.77. The third-order valence-electron chi connectivity index (χ3n) is 4.36. The third-order valence-corrected chi connectivity index (χ3v) is 4.61. The lowest BCUT2D eigenvalue weighted by Gasteiger charge is -2.36. The molecule has 0 bridgehead atoms. The molecule has 4 nitrogen and oxygen atoms in total. The first kappa shape index (κ1) is 17.5. The Morgan fingerprint density at radius 2 is 1.64 bits per heavy atom. The Morgan fingerprint density at radius 1 is 1.00 bits per heavy atom. The van der Waals surface area contributed by atoms with Crippen molar-refractivity contribution < 1.29 is 9.18 Å². The SMILES string of the molecule is O=C(NCCc1ccc(F)cc1)N1CCN(c2ccc(Cl)cc2)CC1. The van der Waals surface area contributed by atoms with Crippen LogP contribution in [0.15, 0.2) is 48.5 Å². The van der Waals surface area contributed by atoms with Crippen LogP contribution in [0.25, 0.3) is 0 Å². The van der Waals surface area contributed by atoms with Gasteiger partial charge in [0.25, 0.3) is 0 Å². The number of benzene rings is 2. The Hall–Kier alpha value is -2.27. The van der Waals surface area contributed by atoms with Gasteiger partial charge in [0.05, 0.1) is 0 Å². The fraction of sp³-hybridized carbons (Fsp3) is 0.316. The molecule has 0 saturated carbocycles. The molecular weight excluding hydrogens is 341 g/mol. The normalized spacial score (nSPS) is 14.5. The smallest absolute Gasteiger partial charge is 0.317 e. The zero-order chi connectivity index (χ0) is 17.6. The van der Waals surface area contributed by atoms with E-state index in [1.54, 1.807) is 12.1 Å². The third kappa shape index (κ3) is 4.86. The van der Waals surface area contributed by atoms with E-state index in [0.717, 1.165) is 29.4 Å². The van der Waals surface area contributed by atoms with Crippen molar-refractivity contribution in [3.8, 4) is 0 Å². The van der Waals surface area contributed by atoms with E-state index in [1.807, 2.05) is 29.2 Å². The summed E-state index contributed by atoms with van der Waals surface area (Å²) < 4.78 is 12.9. The highest BCUT2D eigenvalue weighted by Crippen LogP contribution is 2.19. The summed E-state index contributed by atoms with van der Waals surface area (Å²) in [5.41, 5.74) is 2.13. The Morgan fingerprint density at radius 3 is 2.28 bits per heavy atom. The fourth-order valence-electron chi connectivity index (χ4n) is 2.90. The van der Waals surface area contributed by atoms with Gasteiger partial charge in [-0.1, -0.05) is 23.7 Å². The molecular formula is C19H21ClFN3O. The van der Waals surface area contributed by atoms with Crippen LogP contribution in [0, 0.1) is 5.82 Å². The van der Waals surface area contributed by atoms with E-state index in [-0.39, 0.29) is 11.8 Å². The summed E-state index contributed by atoms with van der Waals surface area (Å²) in [6, 6.07) is 14.1. The first-order chi connectivity index (χ1) is 12.1. The summed E-state index contributed by atoms with van der Waals surface area (Å²) in [7, 11) is 0. The van der Waals surface area contributed by atoms with Crippen molar-refractivity contribution in [3.63, 3.8) is 0 Å². The van der Waals surface area contributed by atoms with Gasteiger partial charge in [-0.2, -0.15) is 0 Å². The van der Waals surface area contributed by atoms with Crippen molar-refractivity contribution in [1.82, 2.24) is 10.2 Å². The fourth-order valence-corrected chi connectivity index (χ4v) is 3.02. The summed E-state index contributed by atoms with van der Waals surface area (Å²) in [5.74, 6) is -0.244. The number of nitrogens with zero attached hydrogens (tertiary/aromatic N) is 2. The number of carbonyl (C=O) groups is 1. The topological polar surface area (TPSA) is 35.6 Å². The molecule has 132 valence electrons. The van der Waals surface area contributed by atoms with Crippen molar-refractivity contribution >= 4 is 23.3 Å². The number of rotatable bonds is 4. The highest BCUT2D eigenvalue weighted by Gasteiger charge is 2.20. The molecule has 2 aromatic rings. The summed E-state index contributed by atoms with van der Waals surface area (Å²) in [6.07, 6.45) is 0.691. The molecule has 3 rings (SSSR count). The molecule has 1 saturated heterocycles. The second kappa shape index (κ2) is 8.21. The molecule has 1 heterocycles. The molecule has 0 aromatic heterocycles. The van der Waals surface area contributed by atoms with Crippen molar-refractivity contribution in [2.45, 2.75) is 6.42 Å². The molecule has 0 aliphatic carbocycles. The molecule has 25 heavy (non-hydrogen) atoms. The standard InChI is InChI=1S/C19H21ClFN3O/c20-16-3-7-18(8-4-16)23-11-13-24(14-12-23)19(25)22-10-9-15-1-5-17(21)6-2-15/h1-8H,9-14H2,(H,22,25). The molecule has 0 atom stereocenters. The number of anilines is 1. The molecule has 2 aromatic carbocycles. The minimum absolute atomic E-state index is 0.0436. The maximum absolute atomic E-state index is 12.9. The van der Waals surface area contributed by atoms with Gasteiger partial charge in [-0.25, -0.2) is 9.18 Å². The monoisotopic (exact) mass is 361 g/mol. The molecule has 1 fully saturated rings. The molecule has 1 N–H and O–H groups in total. The van der Waals surface area contributed by atoms with Gasteiger partial charge in [0.15, 0.2) is 0 Å². The molecule has 0 radical (unpaired) electrons. The maximum atomic E-state index is 12.9. The van der Waals surface area contributed by atoms with Crippen LogP contribution in [-0.2, 0) is 6.42 Å².